The van der Waals surface area contributed by atoms with Crippen LogP contribution in [0, 0.1) is 24.1 Å². The third-order valence-electron chi connectivity index (χ3n) is 2.90. The normalized spacial score (nSPS) is 9.81. The lowest BCUT2D eigenvalue weighted by Gasteiger charge is -2.10. The summed E-state index contributed by atoms with van der Waals surface area (Å²) in [4.78, 5) is 16.3. The molecular formula is C15H13FN4O. The minimum absolute atomic E-state index is 0.0154. The Bertz CT molecular complexity index is 737. The lowest BCUT2D eigenvalue weighted by atomic mass is 10.1. The van der Waals surface area contributed by atoms with Gasteiger partial charge in [-0.2, -0.15) is 5.26 Å². The monoisotopic (exact) mass is 284 g/mol. The van der Waals surface area contributed by atoms with Crippen LogP contribution in [0.25, 0.3) is 0 Å². The number of aromatic nitrogens is 1. The second-order valence-electron chi connectivity index (χ2n) is 4.38. The molecule has 0 aliphatic carbocycles. The first kappa shape index (κ1) is 14.5. The quantitative estimate of drug-likeness (QED) is 0.908. The summed E-state index contributed by atoms with van der Waals surface area (Å²) in [6, 6.07) is 7.42. The Hall–Kier alpha value is -2.94. The summed E-state index contributed by atoms with van der Waals surface area (Å²) in [6.45, 7) is 1.81. The van der Waals surface area contributed by atoms with Gasteiger partial charge in [0.2, 0.25) is 0 Å². The summed E-state index contributed by atoms with van der Waals surface area (Å²) in [5.74, 6) is -1.14. The molecule has 6 heteroatoms. The van der Waals surface area contributed by atoms with Crippen LogP contribution >= 0.6 is 0 Å². The Morgan fingerprint density at radius 1 is 1.33 bits per heavy atom. The number of benzene rings is 1. The van der Waals surface area contributed by atoms with E-state index in [0.29, 0.717) is 11.3 Å². The van der Waals surface area contributed by atoms with E-state index < -0.39 is 11.7 Å². The Labute approximate surface area is 121 Å². The molecule has 0 fully saturated rings. The molecule has 0 saturated carbocycles. The number of aryl methyl sites for hydroxylation is 1. The van der Waals surface area contributed by atoms with E-state index in [9.17, 15) is 9.18 Å². The Morgan fingerprint density at radius 3 is 2.71 bits per heavy atom. The maximum atomic E-state index is 13.8. The van der Waals surface area contributed by atoms with Crippen molar-refractivity contribution in [3.8, 4) is 6.07 Å². The van der Waals surface area contributed by atoms with E-state index in [0.717, 1.165) is 11.8 Å². The molecule has 0 aliphatic heterocycles. The van der Waals surface area contributed by atoms with Gasteiger partial charge in [-0.25, -0.2) is 4.39 Å². The SMILES string of the molecule is CNc1cc(C)ncc1C(=O)Nc1ccc(C#N)cc1F. The van der Waals surface area contributed by atoms with Crippen molar-refractivity contribution in [2.75, 3.05) is 17.7 Å². The van der Waals surface area contributed by atoms with Crippen molar-refractivity contribution in [3.05, 3.63) is 53.1 Å². The summed E-state index contributed by atoms with van der Waals surface area (Å²) < 4.78 is 13.8. The van der Waals surface area contributed by atoms with E-state index in [1.165, 1.54) is 18.3 Å². The zero-order valence-corrected chi connectivity index (χ0v) is 11.6. The minimum atomic E-state index is -0.659. The van der Waals surface area contributed by atoms with Crippen LogP contribution in [0.4, 0.5) is 15.8 Å². The number of rotatable bonds is 3. The summed E-state index contributed by atoms with van der Waals surface area (Å²) >= 11 is 0. The maximum Gasteiger partial charge on any atom is 0.259 e. The van der Waals surface area contributed by atoms with Gasteiger partial charge in [0, 0.05) is 18.9 Å². The zero-order chi connectivity index (χ0) is 15.4. The van der Waals surface area contributed by atoms with Gasteiger partial charge < -0.3 is 10.6 Å². The highest BCUT2D eigenvalue weighted by Crippen LogP contribution is 2.20. The van der Waals surface area contributed by atoms with Gasteiger partial charge in [0.25, 0.3) is 5.91 Å². The molecule has 0 aliphatic rings. The molecule has 0 spiro atoms. The highest BCUT2D eigenvalue weighted by Gasteiger charge is 2.14. The van der Waals surface area contributed by atoms with E-state index in [1.54, 1.807) is 13.1 Å². The molecular weight excluding hydrogens is 271 g/mol. The van der Waals surface area contributed by atoms with Crippen LogP contribution in [0.2, 0.25) is 0 Å². The Morgan fingerprint density at radius 2 is 2.10 bits per heavy atom. The summed E-state index contributed by atoms with van der Waals surface area (Å²) in [7, 11) is 1.69. The highest BCUT2D eigenvalue weighted by molar-refractivity contribution is 6.07. The number of hydrogen-bond donors (Lipinski definition) is 2. The molecule has 2 rings (SSSR count). The molecule has 106 valence electrons. The van der Waals surface area contributed by atoms with E-state index in [1.807, 2.05) is 13.0 Å². The van der Waals surface area contributed by atoms with Crippen molar-refractivity contribution in [1.29, 1.82) is 5.26 Å². The molecule has 2 aromatic rings. The van der Waals surface area contributed by atoms with E-state index in [2.05, 4.69) is 15.6 Å². The second-order valence-corrected chi connectivity index (χ2v) is 4.38. The number of carbonyl (C=O) groups excluding carboxylic acids is 1. The number of hydrogen-bond acceptors (Lipinski definition) is 4. The number of nitrogens with one attached hydrogen (secondary N) is 2. The van der Waals surface area contributed by atoms with Crippen LogP contribution in [0.15, 0.2) is 30.5 Å². The predicted molar refractivity (Wildman–Crippen MR) is 77.6 cm³/mol. The molecule has 21 heavy (non-hydrogen) atoms. The number of amides is 1. The van der Waals surface area contributed by atoms with Gasteiger partial charge in [-0.1, -0.05) is 0 Å². The average Bonchev–Trinajstić information content (AvgIpc) is 2.48. The summed E-state index contributed by atoms with van der Waals surface area (Å²) in [5.41, 5.74) is 1.89. The van der Waals surface area contributed by atoms with E-state index >= 15 is 0 Å². The standard InChI is InChI=1S/C15H13FN4O/c1-9-5-14(18-2)11(8-19-9)15(21)20-13-4-3-10(7-17)6-12(13)16/h3-6,8H,1-2H3,(H,18,19)(H,20,21). The first-order valence-corrected chi connectivity index (χ1v) is 6.20. The third kappa shape index (κ3) is 3.15. The first-order chi connectivity index (χ1) is 10.0. The number of carbonyl (C=O) groups is 1. The maximum absolute atomic E-state index is 13.8. The second kappa shape index (κ2) is 6.01. The fourth-order valence-electron chi connectivity index (χ4n) is 1.82. The van der Waals surface area contributed by atoms with Crippen LogP contribution in [0.3, 0.4) is 0 Å². The van der Waals surface area contributed by atoms with Gasteiger partial charge in [0.05, 0.1) is 28.6 Å². The Balaban J connectivity index is 2.28. The number of nitrogens with zero attached hydrogens (tertiary/aromatic N) is 2. The van der Waals surface area contributed by atoms with Crippen molar-refractivity contribution >= 4 is 17.3 Å². The largest absolute Gasteiger partial charge is 0.387 e. The molecule has 1 aromatic carbocycles. The van der Waals surface area contributed by atoms with Crippen molar-refractivity contribution in [2.24, 2.45) is 0 Å². The van der Waals surface area contributed by atoms with Gasteiger partial charge in [-0.3, -0.25) is 9.78 Å². The van der Waals surface area contributed by atoms with Crippen molar-refractivity contribution in [2.45, 2.75) is 6.92 Å². The van der Waals surface area contributed by atoms with Crippen LogP contribution < -0.4 is 10.6 Å². The smallest absolute Gasteiger partial charge is 0.259 e. The van der Waals surface area contributed by atoms with Gasteiger partial charge in [0.15, 0.2) is 0 Å². The molecule has 2 N–H and O–H groups in total. The molecule has 0 atom stereocenters. The number of halogens is 1. The number of nitriles is 1. The summed E-state index contributed by atoms with van der Waals surface area (Å²) in [5, 5.41) is 14.1. The van der Waals surface area contributed by atoms with Gasteiger partial charge >= 0.3 is 0 Å². The van der Waals surface area contributed by atoms with Crippen molar-refractivity contribution in [3.63, 3.8) is 0 Å². The van der Waals surface area contributed by atoms with Crippen LogP contribution in [-0.4, -0.2) is 17.9 Å². The van der Waals surface area contributed by atoms with Crippen LogP contribution in [-0.2, 0) is 0 Å². The van der Waals surface area contributed by atoms with Gasteiger partial charge in [0.1, 0.15) is 5.82 Å². The molecule has 0 bridgehead atoms. The van der Waals surface area contributed by atoms with Crippen LogP contribution in [0.1, 0.15) is 21.6 Å². The summed E-state index contributed by atoms with van der Waals surface area (Å²) in [6.07, 6.45) is 1.43. The minimum Gasteiger partial charge on any atom is -0.387 e. The van der Waals surface area contributed by atoms with Crippen molar-refractivity contribution in [1.82, 2.24) is 4.98 Å². The van der Waals surface area contributed by atoms with Crippen LogP contribution in [0.5, 0.6) is 0 Å². The molecule has 1 aromatic heterocycles. The number of pyridine rings is 1. The van der Waals surface area contributed by atoms with Gasteiger partial charge in [-0.15, -0.1) is 0 Å². The lowest BCUT2D eigenvalue weighted by Crippen LogP contribution is -2.15. The highest BCUT2D eigenvalue weighted by atomic mass is 19.1. The fraction of sp³-hybridized carbons (Fsp3) is 0.133. The zero-order valence-electron chi connectivity index (χ0n) is 11.6. The van der Waals surface area contributed by atoms with Gasteiger partial charge in [-0.05, 0) is 31.2 Å². The average molecular weight is 284 g/mol. The van der Waals surface area contributed by atoms with E-state index in [4.69, 9.17) is 5.26 Å². The third-order valence-corrected chi connectivity index (χ3v) is 2.90. The first-order valence-electron chi connectivity index (χ1n) is 6.20. The van der Waals surface area contributed by atoms with E-state index in [-0.39, 0.29) is 11.3 Å². The molecule has 1 heterocycles. The topological polar surface area (TPSA) is 77.8 Å². The predicted octanol–water partition coefficient (Wildman–Crippen LogP) is 2.69. The molecule has 0 saturated heterocycles. The lowest BCUT2D eigenvalue weighted by molar-refractivity contribution is 0.102. The number of anilines is 2. The fourth-order valence-corrected chi connectivity index (χ4v) is 1.82. The van der Waals surface area contributed by atoms with Crippen molar-refractivity contribution < 1.29 is 9.18 Å². The Kier molecular flexibility index (Phi) is 4.14. The molecule has 5 nitrogen and oxygen atoms in total. The molecule has 0 radical (unpaired) electrons. The molecule has 1 amide bonds. The molecule has 0 unspecified atom stereocenters.